The second-order valence-corrected chi connectivity index (χ2v) is 5.25. The molecule has 0 spiro atoms. The molecule has 0 aliphatic heterocycles. The summed E-state index contributed by atoms with van der Waals surface area (Å²) in [4.78, 5) is 9.08. The number of fused-ring (bicyclic) bond motifs is 3. The van der Waals surface area contributed by atoms with Crippen LogP contribution in [0, 0.1) is 5.82 Å². The maximum Gasteiger partial charge on any atom is 0.196 e. The lowest BCUT2D eigenvalue weighted by atomic mass is 10.2. The van der Waals surface area contributed by atoms with Gasteiger partial charge >= 0.3 is 0 Å². The van der Waals surface area contributed by atoms with Crippen molar-refractivity contribution in [2.75, 3.05) is 5.32 Å². The number of nitrogens with one attached hydrogen (secondary N) is 1. The van der Waals surface area contributed by atoms with E-state index in [2.05, 4.69) is 15.3 Å². The molecule has 4 nitrogen and oxygen atoms in total. The van der Waals surface area contributed by atoms with E-state index in [4.69, 9.17) is 4.42 Å². The fourth-order valence-corrected chi connectivity index (χ4v) is 2.58. The molecule has 2 aromatic heterocycles. The van der Waals surface area contributed by atoms with Crippen molar-refractivity contribution in [3.05, 3.63) is 60.2 Å². The third-order valence-electron chi connectivity index (χ3n) is 3.67. The minimum atomic E-state index is -0.305. The van der Waals surface area contributed by atoms with Crippen LogP contribution in [0.4, 0.5) is 15.9 Å². The van der Waals surface area contributed by atoms with Crippen LogP contribution < -0.4 is 5.32 Å². The Morgan fingerprint density at radius 3 is 2.71 bits per heavy atom. The molecule has 4 aromatic rings. The van der Waals surface area contributed by atoms with Crippen molar-refractivity contribution in [2.24, 2.45) is 0 Å². The van der Waals surface area contributed by atoms with Crippen LogP contribution in [0.15, 0.2) is 52.9 Å². The van der Waals surface area contributed by atoms with Gasteiger partial charge in [-0.25, -0.2) is 14.4 Å². The van der Waals surface area contributed by atoms with E-state index in [-0.39, 0.29) is 18.2 Å². The van der Waals surface area contributed by atoms with Gasteiger partial charge in [0, 0.05) is 17.5 Å². The number of para-hydroxylation sites is 1. The highest BCUT2D eigenvalue weighted by Gasteiger charge is 2.15. The number of furan rings is 1. The molecule has 1 N–H and O–H groups in total. The molecule has 0 unspecified atom stereocenters. The maximum atomic E-state index is 13.4. The smallest absolute Gasteiger partial charge is 0.196 e. The molecule has 0 aliphatic rings. The Hall–Kier alpha value is -2.66. The Morgan fingerprint density at radius 1 is 1.08 bits per heavy atom. The van der Waals surface area contributed by atoms with Crippen LogP contribution in [-0.2, 0) is 6.42 Å². The summed E-state index contributed by atoms with van der Waals surface area (Å²) in [5, 5.41) is 4.08. The van der Waals surface area contributed by atoms with Gasteiger partial charge in [0.2, 0.25) is 0 Å². The molecule has 4 rings (SSSR count). The predicted octanol–water partition coefficient (Wildman–Crippen LogP) is 5.24. The average Bonchev–Trinajstić information content (AvgIpc) is 2.94. The number of nitrogens with zero attached hydrogens (tertiary/aromatic N) is 2. The van der Waals surface area contributed by atoms with Crippen molar-refractivity contribution in [1.29, 1.82) is 0 Å². The molecular formula is C18H15ClFN3O. The van der Waals surface area contributed by atoms with Crippen molar-refractivity contribution in [2.45, 2.75) is 13.3 Å². The zero-order valence-electron chi connectivity index (χ0n) is 12.9. The van der Waals surface area contributed by atoms with Gasteiger partial charge in [0.05, 0.1) is 0 Å². The number of aryl methyl sites for hydroxylation is 1. The summed E-state index contributed by atoms with van der Waals surface area (Å²) in [6.45, 7) is 2.00. The van der Waals surface area contributed by atoms with E-state index in [1.54, 1.807) is 12.1 Å². The van der Waals surface area contributed by atoms with E-state index >= 15 is 0 Å². The van der Waals surface area contributed by atoms with E-state index in [1.165, 1.54) is 12.1 Å². The lowest BCUT2D eigenvalue weighted by Gasteiger charge is -2.07. The third kappa shape index (κ3) is 2.78. The Kier molecular flexibility index (Phi) is 4.36. The second kappa shape index (κ2) is 6.45. The first-order chi connectivity index (χ1) is 11.2. The van der Waals surface area contributed by atoms with E-state index in [0.717, 1.165) is 16.5 Å². The zero-order chi connectivity index (χ0) is 15.8. The summed E-state index contributed by atoms with van der Waals surface area (Å²) in [5.74, 6) is 0.956. The topological polar surface area (TPSA) is 51.0 Å². The Morgan fingerprint density at radius 2 is 1.92 bits per heavy atom. The summed E-state index contributed by atoms with van der Waals surface area (Å²) < 4.78 is 19.3. The van der Waals surface area contributed by atoms with Crippen LogP contribution in [-0.4, -0.2) is 9.97 Å². The van der Waals surface area contributed by atoms with Gasteiger partial charge in [0.15, 0.2) is 11.4 Å². The maximum absolute atomic E-state index is 13.4. The molecule has 0 saturated heterocycles. The van der Waals surface area contributed by atoms with Gasteiger partial charge in [-0.2, -0.15) is 0 Å². The van der Waals surface area contributed by atoms with E-state index in [9.17, 15) is 4.39 Å². The summed E-state index contributed by atoms with van der Waals surface area (Å²) in [6, 6.07) is 14.0. The second-order valence-electron chi connectivity index (χ2n) is 5.25. The minimum absolute atomic E-state index is 0. The van der Waals surface area contributed by atoms with Crippen molar-refractivity contribution >= 4 is 46.0 Å². The molecule has 2 heterocycles. The lowest BCUT2D eigenvalue weighted by Crippen LogP contribution is -2.00. The van der Waals surface area contributed by atoms with Crippen molar-refractivity contribution in [1.82, 2.24) is 9.97 Å². The Bertz CT molecular complexity index is 1020. The number of aromatic nitrogens is 2. The van der Waals surface area contributed by atoms with Crippen LogP contribution in [0.2, 0.25) is 0 Å². The standard InChI is InChI=1S/C18H14FN3O.ClH/c1-2-15-21-16-13-8-3-4-9-14(13)23-17(16)18(22-15)20-12-7-5-6-11(19)10-12;/h3-10H,2H2,1H3,(H,20,21,22);1H. The van der Waals surface area contributed by atoms with Crippen molar-refractivity contribution < 1.29 is 8.81 Å². The van der Waals surface area contributed by atoms with Crippen molar-refractivity contribution in [3.63, 3.8) is 0 Å². The molecule has 0 radical (unpaired) electrons. The summed E-state index contributed by atoms with van der Waals surface area (Å²) in [7, 11) is 0. The number of anilines is 2. The van der Waals surface area contributed by atoms with Crippen LogP contribution >= 0.6 is 12.4 Å². The van der Waals surface area contributed by atoms with Crippen LogP contribution in [0.3, 0.4) is 0 Å². The first-order valence-electron chi connectivity index (χ1n) is 7.45. The van der Waals surface area contributed by atoms with E-state index in [1.807, 2.05) is 31.2 Å². The fourth-order valence-electron chi connectivity index (χ4n) is 2.58. The third-order valence-corrected chi connectivity index (χ3v) is 3.67. The summed E-state index contributed by atoms with van der Waals surface area (Å²) >= 11 is 0. The summed E-state index contributed by atoms with van der Waals surface area (Å²) in [5.41, 5.74) is 2.72. The van der Waals surface area contributed by atoms with Gasteiger partial charge in [-0.1, -0.05) is 25.1 Å². The number of hydrogen-bond acceptors (Lipinski definition) is 4. The Balaban J connectivity index is 0.00000169. The highest BCUT2D eigenvalue weighted by Crippen LogP contribution is 2.32. The number of hydrogen-bond donors (Lipinski definition) is 1. The molecule has 6 heteroatoms. The number of halogens is 2. The lowest BCUT2D eigenvalue weighted by molar-refractivity contribution is 0.628. The zero-order valence-corrected chi connectivity index (χ0v) is 13.7. The number of rotatable bonds is 3. The highest BCUT2D eigenvalue weighted by molar-refractivity contribution is 6.06. The van der Waals surface area contributed by atoms with Gasteiger partial charge in [-0.15, -0.1) is 12.4 Å². The molecule has 0 bridgehead atoms. The molecule has 24 heavy (non-hydrogen) atoms. The van der Waals surface area contributed by atoms with Crippen LogP contribution in [0.25, 0.3) is 22.1 Å². The van der Waals surface area contributed by atoms with Gasteiger partial charge in [0.25, 0.3) is 0 Å². The molecule has 2 aromatic carbocycles. The largest absolute Gasteiger partial charge is 0.450 e. The molecule has 122 valence electrons. The Labute approximate surface area is 144 Å². The van der Waals surface area contributed by atoms with Gasteiger partial charge in [-0.05, 0) is 30.3 Å². The average molecular weight is 344 g/mol. The molecule has 0 saturated carbocycles. The molecule has 0 amide bonds. The predicted molar refractivity (Wildman–Crippen MR) is 95.6 cm³/mol. The fraction of sp³-hybridized carbons (Fsp3) is 0.111. The van der Waals surface area contributed by atoms with Crippen molar-refractivity contribution in [3.8, 4) is 0 Å². The van der Waals surface area contributed by atoms with Gasteiger partial charge in [-0.3, -0.25) is 0 Å². The normalized spacial score (nSPS) is 10.8. The molecular weight excluding hydrogens is 329 g/mol. The highest BCUT2D eigenvalue weighted by atomic mass is 35.5. The molecule has 0 atom stereocenters. The first-order valence-corrected chi connectivity index (χ1v) is 7.45. The van der Waals surface area contributed by atoms with Crippen LogP contribution in [0.1, 0.15) is 12.7 Å². The number of benzene rings is 2. The SMILES string of the molecule is CCc1nc(Nc2cccc(F)c2)c2oc3ccccc3c2n1.Cl. The van der Waals surface area contributed by atoms with Crippen LogP contribution in [0.5, 0.6) is 0 Å². The monoisotopic (exact) mass is 343 g/mol. The summed E-state index contributed by atoms with van der Waals surface area (Å²) in [6.07, 6.45) is 0.702. The molecule has 0 aliphatic carbocycles. The van der Waals surface area contributed by atoms with E-state index in [0.29, 0.717) is 29.3 Å². The van der Waals surface area contributed by atoms with Gasteiger partial charge in [0.1, 0.15) is 22.7 Å². The quantitative estimate of drug-likeness (QED) is 0.552. The molecule has 0 fully saturated rings. The van der Waals surface area contributed by atoms with Gasteiger partial charge < -0.3 is 9.73 Å². The first kappa shape index (κ1) is 16.2. The minimum Gasteiger partial charge on any atom is -0.450 e. The van der Waals surface area contributed by atoms with E-state index < -0.39 is 0 Å².